The molecule has 3 rings (SSSR count). The van der Waals surface area contributed by atoms with E-state index in [1.807, 2.05) is 24.3 Å². The third kappa shape index (κ3) is 2.71. The van der Waals surface area contributed by atoms with E-state index in [0.717, 1.165) is 5.75 Å². The van der Waals surface area contributed by atoms with Crippen LogP contribution in [0.5, 0.6) is 11.5 Å². The number of ether oxygens (including phenoxy) is 2. The highest BCUT2D eigenvalue weighted by Crippen LogP contribution is 2.30. The van der Waals surface area contributed by atoms with Crippen molar-refractivity contribution in [3.63, 3.8) is 0 Å². The number of para-hydroxylation sites is 2. The summed E-state index contributed by atoms with van der Waals surface area (Å²) in [6, 6.07) is 10.8. The number of fused-ring (bicyclic) bond motifs is 1. The first-order chi connectivity index (χ1) is 9.83. The van der Waals surface area contributed by atoms with Crippen LogP contribution in [0, 0.1) is 0 Å². The van der Waals surface area contributed by atoms with E-state index < -0.39 is 0 Å². The van der Waals surface area contributed by atoms with E-state index in [1.165, 1.54) is 0 Å². The van der Waals surface area contributed by atoms with Crippen molar-refractivity contribution in [2.24, 2.45) is 0 Å². The van der Waals surface area contributed by atoms with Gasteiger partial charge in [0.05, 0.1) is 6.54 Å². The number of benzene rings is 1. The van der Waals surface area contributed by atoms with E-state index >= 15 is 0 Å². The summed E-state index contributed by atoms with van der Waals surface area (Å²) in [7, 11) is 0. The summed E-state index contributed by atoms with van der Waals surface area (Å²) < 4.78 is 11.4. The molecule has 20 heavy (non-hydrogen) atoms. The first-order valence-electron chi connectivity index (χ1n) is 6.39. The molecule has 0 unspecified atom stereocenters. The highest BCUT2D eigenvalue weighted by Gasteiger charge is 2.21. The van der Waals surface area contributed by atoms with Gasteiger partial charge in [-0.25, -0.2) is 0 Å². The van der Waals surface area contributed by atoms with Gasteiger partial charge in [-0.1, -0.05) is 12.1 Å². The molecule has 0 saturated heterocycles. The van der Waals surface area contributed by atoms with Gasteiger partial charge in [0.1, 0.15) is 12.7 Å². The average molecular weight is 270 g/mol. The molecule has 0 spiro atoms. The molecule has 1 amide bonds. The molecule has 1 aliphatic heterocycles. The van der Waals surface area contributed by atoms with Gasteiger partial charge in [-0.15, -0.1) is 0 Å². The minimum Gasteiger partial charge on any atom is -0.486 e. The maximum atomic E-state index is 11.9. The Labute approximate surface area is 116 Å². The lowest BCUT2D eigenvalue weighted by Gasteiger charge is -2.26. The van der Waals surface area contributed by atoms with Crippen LogP contribution < -0.4 is 14.8 Å². The second kappa shape index (κ2) is 5.61. The van der Waals surface area contributed by atoms with Gasteiger partial charge in [-0.3, -0.25) is 9.78 Å². The molecule has 5 heteroatoms. The molecule has 1 aromatic carbocycles. The molecule has 2 aromatic rings. The molecule has 1 atom stereocenters. The predicted molar refractivity (Wildman–Crippen MR) is 72.9 cm³/mol. The molecule has 1 aliphatic rings. The van der Waals surface area contributed by atoms with Crippen molar-refractivity contribution in [3.05, 3.63) is 54.4 Å². The topological polar surface area (TPSA) is 60.5 Å². The van der Waals surface area contributed by atoms with E-state index in [9.17, 15) is 4.79 Å². The number of hydrogen-bond donors (Lipinski definition) is 1. The number of amides is 1. The van der Waals surface area contributed by atoms with Gasteiger partial charge < -0.3 is 14.8 Å². The summed E-state index contributed by atoms with van der Waals surface area (Å²) in [6.45, 7) is 0.823. The first-order valence-corrected chi connectivity index (χ1v) is 6.39. The second-order valence-corrected chi connectivity index (χ2v) is 4.44. The minimum atomic E-state index is -0.185. The van der Waals surface area contributed by atoms with Crippen LogP contribution in [0.2, 0.25) is 0 Å². The van der Waals surface area contributed by atoms with Crippen LogP contribution >= 0.6 is 0 Å². The van der Waals surface area contributed by atoms with Gasteiger partial charge in [0.15, 0.2) is 11.5 Å². The summed E-state index contributed by atoms with van der Waals surface area (Å²) in [5, 5.41) is 2.83. The van der Waals surface area contributed by atoms with Gasteiger partial charge in [-0.05, 0) is 24.3 Å². The molecule has 0 radical (unpaired) electrons. The standard InChI is InChI=1S/C15H14N2O3/c18-15(11-5-7-16-8-6-11)17-9-12-10-19-13-3-1-2-4-14(13)20-12/h1-8,12H,9-10H2,(H,17,18)/t12-/m0/s1. The average Bonchev–Trinajstić information content (AvgIpc) is 2.53. The van der Waals surface area contributed by atoms with Gasteiger partial charge in [0.2, 0.25) is 0 Å². The lowest BCUT2D eigenvalue weighted by atomic mass is 10.2. The number of aromatic nitrogens is 1. The predicted octanol–water partition coefficient (Wildman–Crippen LogP) is 1.65. The summed E-state index contributed by atoms with van der Waals surface area (Å²) in [4.78, 5) is 15.8. The maximum Gasteiger partial charge on any atom is 0.251 e. The molecule has 1 aromatic heterocycles. The third-order valence-corrected chi connectivity index (χ3v) is 3.00. The summed E-state index contributed by atoms with van der Waals surface area (Å²) in [6.07, 6.45) is 2.99. The number of nitrogens with one attached hydrogen (secondary N) is 1. The van der Waals surface area contributed by atoms with Crippen molar-refractivity contribution in [2.75, 3.05) is 13.2 Å². The normalized spacial score (nSPS) is 16.5. The van der Waals surface area contributed by atoms with Crippen LogP contribution in [0.15, 0.2) is 48.8 Å². The molecule has 0 saturated carbocycles. The van der Waals surface area contributed by atoms with Crippen LogP contribution in [0.4, 0.5) is 0 Å². The molecular weight excluding hydrogens is 256 g/mol. The largest absolute Gasteiger partial charge is 0.486 e. The Hall–Kier alpha value is -2.56. The molecule has 0 fully saturated rings. The summed E-state index contributed by atoms with van der Waals surface area (Å²) in [5.74, 6) is 1.31. The Morgan fingerprint density at radius 3 is 2.75 bits per heavy atom. The molecule has 1 N–H and O–H groups in total. The monoisotopic (exact) mass is 270 g/mol. The Morgan fingerprint density at radius 1 is 1.20 bits per heavy atom. The van der Waals surface area contributed by atoms with Crippen LogP contribution in [-0.4, -0.2) is 30.1 Å². The fourth-order valence-corrected chi connectivity index (χ4v) is 1.98. The highest BCUT2D eigenvalue weighted by molar-refractivity contribution is 5.93. The number of carbonyl (C=O) groups excluding carboxylic acids is 1. The first kappa shape index (κ1) is 12.5. The van der Waals surface area contributed by atoms with Crippen molar-refractivity contribution < 1.29 is 14.3 Å². The molecule has 5 nitrogen and oxygen atoms in total. The quantitative estimate of drug-likeness (QED) is 0.921. The Morgan fingerprint density at radius 2 is 1.95 bits per heavy atom. The van der Waals surface area contributed by atoms with E-state index in [-0.39, 0.29) is 12.0 Å². The van der Waals surface area contributed by atoms with Gasteiger partial charge in [-0.2, -0.15) is 0 Å². The van der Waals surface area contributed by atoms with Crippen LogP contribution in [0.25, 0.3) is 0 Å². The van der Waals surface area contributed by atoms with Crippen molar-refractivity contribution in [3.8, 4) is 11.5 Å². The van der Waals surface area contributed by atoms with Crippen molar-refractivity contribution in [2.45, 2.75) is 6.10 Å². The van der Waals surface area contributed by atoms with E-state index in [1.54, 1.807) is 24.5 Å². The van der Waals surface area contributed by atoms with E-state index in [4.69, 9.17) is 9.47 Å². The zero-order chi connectivity index (χ0) is 13.8. The minimum absolute atomic E-state index is 0.144. The Bertz CT molecular complexity index is 601. The second-order valence-electron chi connectivity index (χ2n) is 4.44. The van der Waals surface area contributed by atoms with Gasteiger partial charge in [0.25, 0.3) is 5.91 Å². The zero-order valence-corrected chi connectivity index (χ0v) is 10.8. The SMILES string of the molecule is O=C(NC[C@H]1COc2ccccc2O1)c1ccncc1. The fourth-order valence-electron chi connectivity index (χ4n) is 1.98. The number of pyridine rings is 1. The van der Waals surface area contributed by atoms with Crippen LogP contribution in [0.1, 0.15) is 10.4 Å². The molecule has 0 bridgehead atoms. The highest BCUT2D eigenvalue weighted by atomic mass is 16.6. The third-order valence-electron chi connectivity index (χ3n) is 3.00. The fraction of sp³-hybridized carbons (Fsp3) is 0.200. The number of hydrogen-bond acceptors (Lipinski definition) is 4. The Balaban J connectivity index is 1.57. The van der Waals surface area contributed by atoms with Gasteiger partial charge >= 0.3 is 0 Å². The van der Waals surface area contributed by atoms with Gasteiger partial charge in [0, 0.05) is 18.0 Å². The molecule has 102 valence electrons. The van der Waals surface area contributed by atoms with Crippen molar-refractivity contribution in [1.82, 2.24) is 10.3 Å². The van der Waals surface area contributed by atoms with Crippen LogP contribution in [0.3, 0.4) is 0 Å². The summed E-state index contributed by atoms with van der Waals surface area (Å²) >= 11 is 0. The lowest BCUT2D eigenvalue weighted by Crippen LogP contribution is -2.40. The smallest absolute Gasteiger partial charge is 0.251 e. The number of rotatable bonds is 3. The molecular formula is C15H14N2O3. The van der Waals surface area contributed by atoms with Crippen molar-refractivity contribution in [1.29, 1.82) is 0 Å². The number of nitrogens with zero attached hydrogens (tertiary/aromatic N) is 1. The zero-order valence-electron chi connectivity index (χ0n) is 10.8. The van der Waals surface area contributed by atoms with E-state index in [0.29, 0.717) is 24.5 Å². The molecule has 0 aliphatic carbocycles. The lowest BCUT2D eigenvalue weighted by molar-refractivity contribution is 0.0789. The Kier molecular flexibility index (Phi) is 3.50. The van der Waals surface area contributed by atoms with E-state index in [2.05, 4.69) is 10.3 Å². The summed E-state index contributed by atoms with van der Waals surface area (Å²) in [5.41, 5.74) is 0.581. The number of carbonyl (C=O) groups is 1. The van der Waals surface area contributed by atoms with Crippen LogP contribution in [-0.2, 0) is 0 Å². The molecule has 2 heterocycles. The van der Waals surface area contributed by atoms with Crippen molar-refractivity contribution >= 4 is 5.91 Å². The maximum absolute atomic E-state index is 11.9.